The van der Waals surface area contributed by atoms with Gasteiger partial charge in [0.25, 0.3) is 0 Å². The number of nitrogens with zero attached hydrogens (tertiary/aromatic N) is 1. The number of aryl methyl sites for hydroxylation is 1. The van der Waals surface area contributed by atoms with E-state index in [2.05, 4.69) is 42.2 Å². The number of rotatable bonds is 4. The van der Waals surface area contributed by atoms with E-state index in [4.69, 9.17) is 0 Å². The molecule has 1 aromatic carbocycles. The van der Waals surface area contributed by atoms with E-state index >= 15 is 0 Å². The Morgan fingerprint density at radius 2 is 2.06 bits per heavy atom. The van der Waals surface area contributed by atoms with Crippen molar-refractivity contribution in [2.75, 3.05) is 19.6 Å². The maximum absolute atomic E-state index is 4.17. The lowest BCUT2D eigenvalue weighted by Crippen LogP contribution is -2.35. The van der Waals surface area contributed by atoms with Crippen LogP contribution in [0.5, 0.6) is 0 Å². The van der Waals surface area contributed by atoms with Crippen LogP contribution >= 0.6 is 0 Å². The van der Waals surface area contributed by atoms with Crippen LogP contribution in [-0.2, 0) is 6.42 Å². The van der Waals surface area contributed by atoms with Crippen molar-refractivity contribution in [3.63, 3.8) is 0 Å². The normalized spacial score (nSPS) is 22.2. The fourth-order valence-corrected chi connectivity index (χ4v) is 2.51. The number of piperidine rings is 1. The standard InChI is InChI=1S/C15H22N/c1-14-7-5-11-16(13-14)12-6-10-15-8-3-2-4-9-15/h2-4,8-9,14H,1,5-7,10-13H2. The van der Waals surface area contributed by atoms with E-state index in [0.29, 0.717) is 5.92 Å². The fourth-order valence-electron chi connectivity index (χ4n) is 2.51. The molecular formula is C15H22N. The van der Waals surface area contributed by atoms with Gasteiger partial charge in [-0.05, 0) is 57.2 Å². The highest BCUT2D eigenvalue weighted by Crippen LogP contribution is 2.15. The van der Waals surface area contributed by atoms with Crippen molar-refractivity contribution in [1.82, 2.24) is 4.90 Å². The molecule has 0 aliphatic carbocycles. The van der Waals surface area contributed by atoms with Gasteiger partial charge in [-0.15, -0.1) is 0 Å². The monoisotopic (exact) mass is 216 g/mol. The van der Waals surface area contributed by atoms with Crippen molar-refractivity contribution in [2.24, 2.45) is 5.92 Å². The second-order valence-electron chi connectivity index (χ2n) is 4.90. The van der Waals surface area contributed by atoms with Crippen molar-refractivity contribution in [1.29, 1.82) is 0 Å². The quantitative estimate of drug-likeness (QED) is 0.747. The van der Waals surface area contributed by atoms with Gasteiger partial charge in [0, 0.05) is 6.54 Å². The van der Waals surface area contributed by atoms with Gasteiger partial charge in [-0.2, -0.15) is 0 Å². The molecular weight excluding hydrogens is 194 g/mol. The molecule has 0 saturated carbocycles. The van der Waals surface area contributed by atoms with Gasteiger partial charge in [0.1, 0.15) is 0 Å². The molecule has 1 heterocycles. The van der Waals surface area contributed by atoms with Crippen LogP contribution < -0.4 is 0 Å². The van der Waals surface area contributed by atoms with Gasteiger partial charge < -0.3 is 4.90 Å². The van der Waals surface area contributed by atoms with Crippen molar-refractivity contribution in [2.45, 2.75) is 25.7 Å². The molecule has 1 aromatic rings. The average molecular weight is 216 g/mol. The minimum Gasteiger partial charge on any atom is -0.303 e. The molecule has 1 nitrogen and oxygen atoms in total. The molecule has 1 aliphatic heterocycles. The summed E-state index contributed by atoms with van der Waals surface area (Å²) in [6.07, 6.45) is 5.13. The Kier molecular flexibility index (Phi) is 4.41. The third kappa shape index (κ3) is 3.64. The van der Waals surface area contributed by atoms with Crippen LogP contribution in [0.1, 0.15) is 24.8 Å². The molecule has 1 unspecified atom stereocenters. The molecule has 16 heavy (non-hydrogen) atoms. The number of hydrogen-bond acceptors (Lipinski definition) is 1. The van der Waals surface area contributed by atoms with Crippen LogP contribution in [0, 0.1) is 12.8 Å². The summed E-state index contributed by atoms with van der Waals surface area (Å²) in [7, 11) is 0. The number of hydrogen-bond donors (Lipinski definition) is 0. The summed E-state index contributed by atoms with van der Waals surface area (Å²) >= 11 is 0. The summed E-state index contributed by atoms with van der Waals surface area (Å²) in [6, 6.07) is 10.8. The number of benzene rings is 1. The lowest BCUT2D eigenvalue weighted by molar-refractivity contribution is 0.194. The first kappa shape index (κ1) is 11.7. The molecule has 1 aliphatic rings. The van der Waals surface area contributed by atoms with E-state index in [-0.39, 0.29) is 0 Å². The van der Waals surface area contributed by atoms with E-state index in [1.165, 1.54) is 50.9 Å². The Morgan fingerprint density at radius 1 is 1.25 bits per heavy atom. The topological polar surface area (TPSA) is 3.24 Å². The largest absolute Gasteiger partial charge is 0.303 e. The van der Waals surface area contributed by atoms with Crippen LogP contribution in [0.4, 0.5) is 0 Å². The maximum atomic E-state index is 4.17. The molecule has 87 valence electrons. The highest BCUT2D eigenvalue weighted by molar-refractivity contribution is 5.14. The molecule has 1 atom stereocenters. The van der Waals surface area contributed by atoms with Gasteiger partial charge in [-0.3, -0.25) is 0 Å². The maximum Gasteiger partial charge on any atom is 0.000967 e. The van der Waals surface area contributed by atoms with Crippen molar-refractivity contribution in [3.8, 4) is 0 Å². The zero-order chi connectivity index (χ0) is 11.2. The molecule has 0 N–H and O–H groups in total. The van der Waals surface area contributed by atoms with Gasteiger partial charge >= 0.3 is 0 Å². The Bertz CT molecular complexity index is 294. The SMILES string of the molecule is [CH2]C1CCCN(CCCc2ccccc2)C1. The number of likely N-dealkylation sites (tertiary alicyclic amines) is 1. The molecule has 1 heteroatoms. The first-order valence-electron chi connectivity index (χ1n) is 6.44. The summed E-state index contributed by atoms with van der Waals surface area (Å²) in [5.41, 5.74) is 1.46. The summed E-state index contributed by atoms with van der Waals surface area (Å²) in [6.45, 7) is 7.89. The van der Waals surface area contributed by atoms with Gasteiger partial charge in [0.05, 0.1) is 0 Å². The second-order valence-corrected chi connectivity index (χ2v) is 4.90. The van der Waals surface area contributed by atoms with E-state index in [9.17, 15) is 0 Å². The van der Waals surface area contributed by atoms with Crippen LogP contribution in [0.2, 0.25) is 0 Å². The van der Waals surface area contributed by atoms with Crippen LogP contribution in [0.25, 0.3) is 0 Å². The van der Waals surface area contributed by atoms with E-state index in [1.54, 1.807) is 0 Å². The van der Waals surface area contributed by atoms with Gasteiger partial charge in [-0.1, -0.05) is 30.3 Å². The van der Waals surface area contributed by atoms with E-state index < -0.39 is 0 Å². The molecule has 2 rings (SSSR count). The Morgan fingerprint density at radius 3 is 2.81 bits per heavy atom. The fraction of sp³-hybridized carbons (Fsp3) is 0.533. The van der Waals surface area contributed by atoms with Crippen molar-refractivity contribution in [3.05, 3.63) is 42.8 Å². The zero-order valence-electron chi connectivity index (χ0n) is 10.1. The smallest absolute Gasteiger partial charge is 0.000967 e. The summed E-state index contributed by atoms with van der Waals surface area (Å²) < 4.78 is 0. The van der Waals surface area contributed by atoms with Crippen LogP contribution in [-0.4, -0.2) is 24.5 Å². The second kappa shape index (κ2) is 6.05. The molecule has 1 fully saturated rings. The lowest BCUT2D eigenvalue weighted by Gasteiger charge is -2.30. The Hall–Kier alpha value is -0.820. The molecule has 0 aromatic heterocycles. The van der Waals surface area contributed by atoms with E-state index in [0.717, 1.165) is 0 Å². The average Bonchev–Trinajstić information content (AvgIpc) is 2.30. The van der Waals surface area contributed by atoms with Crippen molar-refractivity contribution >= 4 is 0 Å². The van der Waals surface area contributed by atoms with Gasteiger partial charge in [-0.25, -0.2) is 0 Å². The lowest BCUT2D eigenvalue weighted by atomic mass is 10.00. The highest BCUT2D eigenvalue weighted by atomic mass is 15.1. The molecule has 0 bridgehead atoms. The minimum atomic E-state index is 0.658. The third-order valence-corrected chi connectivity index (χ3v) is 3.39. The Labute approximate surface area is 99.5 Å². The van der Waals surface area contributed by atoms with Gasteiger partial charge in [0.2, 0.25) is 0 Å². The van der Waals surface area contributed by atoms with Crippen molar-refractivity contribution < 1.29 is 0 Å². The zero-order valence-corrected chi connectivity index (χ0v) is 10.1. The first-order valence-corrected chi connectivity index (χ1v) is 6.44. The molecule has 0 spiro atoms. The Balaban J connectivity index is 1.68. The molecule has 1 radical (unpaired) electrons. The minimum absolute atomic E-state index is 0.658. The van der Waals surface area contributed by atoms with Crippen LogP contribution in [0.3, 0.4) is 0 Å². The highest BCUT2D eigenvalue weighted by Gasteiger charge is 2.15. The summed E-state index contributed by atoms with van der Waals surface area (Å²) in [5.74, 6) is 0.658. The van der Waals surface area contributed by atoms with Gasteiger partial charge in [0.15, 0.2) is 0 Å². The summed E-state index contributed by atoms with van der Waals surface area (Å²) in [4.78, 5) is 2.57. The third-order valence-electron chi connectivity index (χ3n) is 3.39. The molecule has 1 saturated heterocycles. The van der Waals surface area contributed by atoms with Crippen LogP contribution in [0.15, 0.2) is 30.3 Å². The first-order chi connectivity index (χ1) is 7.84. The van der Waals surface area contributed by atoms with E-state index in [1.807, 2.05) is 0 Å². The predicted octanol–water partition coefficient (Wildman–Crippen LogP) is 3.17. The predicted molar refractivity (Wildman–Crippen MR) is 69.3 cm³/mol. The summed E-state index contributed by atoms with van der Waals surface area (Å²) in [5, 5.41) is 0. The molecule has 0 amide bonds.